The summed E-state index contributed by atoms with van der Waals surface area (Å²) in [5, 5.41) is 0. The number of rotatable bonds is 7. The van der Waals surface area contributed by atoms with E-state index in [4.69, 9.17) is 34.8 Å². The number of esters is 1. The number of aryl methyl sites for hydroxylation is 1. The molecule has 0 heterocycles. The van der Waals surface area contributed by atoms with Gasteiger partial charge in [-0.25, -0.2) is 8.42 Å². The van der Waals surface area contributed by atoms with Crippen molar-refractivity contribution in [1.29, 1.82) is 0 Å². The van der Waals surface area contributed by atoms with Crippen molar-refractivity contribution >= 4 is 62.6 Å². The summed E-state index contributed by atoms with van der Waals surface area (Å²) in [6.07, 6.45) is 0. The summed E-state index contributed by atoms with van der Waals surface area (Å²) in [4.78, 5) is 12.2. The van der Waals surface area contributed by atoms with Crippen molar-refractivity contribution in [2.45, 2.75) is 26.5 Å². The molecular formula is C18H18Cl3NO4S2. The lowest BCUT2D eigenvalue weighted by Crippen LogP contribution is -2.36. The quantitative estimate of drug-likeness (QED) is 0.353. The minimum absolute atomic E-state index is 0.0659. The van der Waals surface area contributed by atoms with E-state index in [1.54, 1.807) is 36.4 Å². The van der Waals surface area contributed by atoms with Crippen LogP contribution >= 0.6 is 46.6 Å². The van der Waals surface area contributed by atoms with Crippen molar-refractivity contribution in [2.24, 2.45) is 0 Å². The summed E-state index contributed by atoms with van der Waals surface area (Å²) in [5.74, 6) is -0.186. The first-order chi connectivity index (χ1) is 13.0. The molecule has 0 fully saturated rings. The molecule has 0 saturated heterocycles. The molecule has 5 nitrogen and oxygen atoms in total. The van der Waals surface area contributed by atoms with Crippen LogP contribution < -0.4 is 4.72 Å². The van der Waals surface area contributed by atoms with Crippen molar-refractivity contribution in [3.8, 4) is 0 Å². The van der Waals surface area contributed by atoms with Crippen LogP contribution in [0, 0.1) is 6.92 Å². The number of carbonyl (C=O) groups is 1. The van der Waals surface area contributed by atoms with Gasteiger partial charge in [-0.3, -0.25) is 4.79 Å². The predicted octanol–water partition coefficient (Wildman–Crippen LogP) is 4.65. The number of hydrogen-bond acceptors (Lipinski definition) is 5. The highest BCUT2D eigenvalue weighted by Crippen LogP contribution is 2.41. The number of sulfonamides is 1. The molecule has 2 aromatic rings. The molecular weight excluding hydrogens is 465 g/mol. The Kier molecular flexibility index (Phi) is 8.07. The summed E-state index contributed by atoms with van der Waals surface area (Å²) in [6, 6.07) is 11.9. The van der Waals surface area contributed by atoms with Crippen LogP contribution in [0.2, 0.25) is 0 Å². The van der Waals surface area contributed by atoms with Crippen LogP contribution in [-0.2, 0) is 19.6 Å². The fraction of sp³-hybridized carbons (Fsp3) is 0.278. The third-order valence-electron chi connectivity index (χ3n) is 3.76. The molecule has 0 saturated carbocycles. The molecule has 0 aliphatic heterocycles. The Hall–Kier alpha value is -0.960. The standard InChI is InChI=1S/C18H18Cl3NO4S2/c1-12-10-13(8-9-15(12)27-11-16(23)26-2)17(18(19,20)21)22-28(24,25)14-6-4-3-5-7-14/h3-10,17,22H,11H2,1-2H3/t17-/m0/s1. The van der Waals surface area contributed by atoms with Crippen LogP contribution in [0.1, 0.15) is 17.2 Å². The van der Waals surface area contributed by atoms with E-state index in [1.165, 1.54) is 31.0 Å². The molecule has 0 aromatic heterocycles. The molecule has 28 heavy (non-hydrogen) atoms. The number of alkyl halides is 3. The Morgan fingerprint density at radius 1 is 1.18 bits per heavy atom. The van der Waals surface area contributed by atoms with Gasteiger partial charge < -0.3 is 4.74 Å². The fourth-order valence-electron chi connectivity index (χ4n) is 2.36. The minimum atomic E-state index is -3.91. The molecule has 0 amide bonds. The lowest BCUT2D eigenvalue weighted by atomic mass is 10.1. The molecule has 1 atom stereocenters. The zero-order valence-electron chi connectivity index (χ0n) is 15.0. The van der Waals surface area contributed by atoms with Gasteiger partial charge in [0.1, 0.15) is 0 Å². The Labute approximate surface area is 183 Å². The first-order valence-corrected chi connectivity index (χ1v) is 11.6. The maximum Gasteiger partial charge on any atom is 0.315 e. The normalized spacial score (nSPS) is 13.2. The van der Waals surface area contributed by atoms with E-state index in [0.29, 0.717) is 5.56 Å². The van der Waals surface area contributed by atoms with Gasteiger partial charge in [-0.15, -0.1) is 11.8 Å². The van der Waals surface area contributed by atoms with Crippen LogP contribution in [-0.4, -0.2) is 31.0 Å². The lowest BCUT2D eigenvalue weighted by Gasteiger charge is -2.26. The van der Waals surface area contributed by atoms with Crippen molar-refractivity contribution in [3.05, 3.63) is 59.7 Å². The largest absolute Gasteiger partial charge is 0.468 e. The van der Waals surface area contributed by atoms with Crippen molar-refractivity contribution in [2.75, 3.05) is 12.9 Å². The Balaban J connectivity index is 2.31. The van der Waals surface area contributed by atoms with Crippen molar-refractivity contribution in [3.63, 3.8) is 0 Å². The van der Waals surface area contributed by atoms with E-state index < -0.39 is 19.9 Å². The van der Waals surface area contributed by atoms with E-state index in [1.807, 2.05) is 6.92 Å². The van der Waals surface area contributed by atoms with Gasteiger partial charge in [0.15, 0.2) is 0 Å². The lowest BCUT2D eigenvalue weighted by molar-refractivity contribution is -0.137. The van der Waals surface area contributed by atoms with Crippen LogP contribution in [0.25, 0.3) is 0 Å². The van der Waals surface area contributed by atoms with Gasteiger partial charge in [-0.05, 0) is 36.2 Å². The monoisotopic (exact) mass is 481 g/mol. The zero-order valence-corrected chi connectivity index (χ0v) is 18.9. The Morgan fingerprint density at radius 3 is 2.36 bits per heavy atom. The molecule has 0 radical (unpaired) electrons. The van der Waals surface area contributed by atoms with Crippen LogP contribution in [0.3, 0.4) is 0 Å². The van der Waals surface area contributed by atoms with Gasteiger partial charge in [0, 0.05) is 4.90 Å². The molecule has 2 rings (SSSR count). The second kappa shape index (κ2) is 9.69. The second-order valence-corrected chi connectivity index (χ2v) is 10.9. The SMILES string of the molecule is COC(=O)CSc1ccc([C@H](NS(=O)(=O)c2ccccc2)C(Cl)(Cl)Cl)cc1C. The number of halogens is 3. The Morgan fingerprint density at radius 2 is 1.82 bits per heavy atom. The molecule has 0 bridgehead atoms. The number of benzene rings is 2. The molecule has 1 N–H and O–H groups in total. The number of carbonyl (C=O) groups excluding carboxylic acids is 1. The highest BCUT2D eigenvalue weighted by molar-refractivity contribution is 8.00. The van der Waals surface area contributed by atoms with E-state index in [-0.39, 0.29) is 16.6 Å². The summed E-state index contributed by atoms with van der Waals surface area (Å²) in [5.41, 5.74) is 1.30. The Bertz CT molecular complexity index is 932. The first-order valence-electron chi connectivity index (χ1n) is 7.99. The van der Waals surface area contributed by atoms with Gasteiger partial charge in [-0.1, -0.05) is 65.1 Å². The first kappa shape index (κ1) is 23.3. The third-order valence-corrected chi connectivity index (χ3v) is 7.00. The molecule has 0 unspecified atom stereocenters. The fourth-order valence-corrected chi connectivity index (χ4v) is 5.21. The maximum atomic E-state index is 12.7. The molecule has 0 aliphatic carbocycles. The van der Waals surface area contributed by atoms with Crippen LogP contribution in [0.5, 0.6) is 0 Å². The van der Waals surface area contributed by atoms with Gasteiger partial charge >= 0.3 is 5.97 Å². The average molecular weight is 483 g/mol. The van der Waals surface area contributed by atoms with E-state index in [9.17, 15) is 13.2 Å². The highest BCUT2D eigenvalue weighted by atomic mass is 35.6. The summed E-state index contributed by atoms with van der Waals surface area (Å²) in [7, 11) is -2.59. The molecule has 152 valence electrons. The number of hydrogen-bond donors (Lipinski definition) is 1. The van der Waals surface area contributed by atoms with E-state index in [2.05, 4.69) is 9.46 Å². The topological polar surface area (TPSA) is 72.5 Å². The maximum absolute atomic E-state index is 12.7. The number of ether oxygens (including phenoxy) is 1. The molecule has 0 aliphatic rings. The number of thioether (sulfide) groups is 1. The molecule has 10 heteroatoms. The average Bonchev–Trinajstić information content (AvgIpc) is 2.64. The van der Waals surface area contributed by atoms with Crippen molar-refractivity contribution < 1.29 is 17.9 Å². The smallest absolute Gasteiger partial charge is 0.315 e. The van der Waals surface area contributed by atoms with Crippen LogP contribution in [0.4, 0.5) is 0 Å². The van der Waals surface area contributed by atoms with Gasteiger partial charge in [0.25, 0.3) is 0 Å². The third kappa shape index (κ3) is 6.27. The summed E-state index contributed by atoms with van der Waals surface area (Å²) >= 11 is 19.5. The van der Waals surface area contributed by atoms with Crippen molar-refractivity contribution in [1.82, 2.24) is 4.72 Å². The van der Waals surface area contributed by atoms with E-state index >= 15 is 0 Å². The zero-order chi connectivity index (χ0) is 20.9. The number of nitrogens with one attached hydrogen (secondary N) is 1. The van der Waals surface area contributed by atoms with Gasteiger partial charge in [0.05, 0.1) is 23.8 Å². The van der Waals surface area contributed by atoms with Crippen LogP contribution in [0.15, 0.2) is 58.3 Å². The van der Waals surface area contributed by atoms with Gasteiger partial charge in [-0.2, -0.15) is 4.72 Å². The summed E-state index contributed by atoms with van der Waals surface area (Å²) < 4.78 is 30.5. The number of methoxy groups -OCH3 is 1. The highest BCUT2D eigenvalue weighted by Gasteiger charge is 2.37. The van der Waals surface area contributed by atoms with E-state index in [0.717, 1.165) is 10.5 Å². The molecule has 0 spiro atoms. The predicted molar refractivity (Wildman–Crippen MR) is 114 cm³/mol. The second-order valence-electron chi connectivity index (χ2n) is 5.80. The van der Waals surface area contributed by atoms with Gasteiger partial charge in [0.2, 0.25) is 13.8 Å². The minimum Gasteiger partial charge on any atom is -0.468 e. The molecule has 2 aromatic carbocycles. The summed E-state index contributed by atoms with van der Waals surface area (Å²) in [6.45, 7) is 1.82.